The Bertz CT molecular complexity index is 676. The van der Waals surface area contributed by atoms with Crippen LogP contribution in [0.25, 0.3) is 5.69 Å². The molecule has 6 heteroatoms. The molecule has 0 radical (unpaired) electrons. The van der Waals surface area contributed by atoms with Crippen LogP contribution < -0.4 is 5.73 Å². The SMILES string of the molecule is CSc1cccc(-n2nc(C)c(C)c2C)c1/C(N)=N/O. The van der Waals surface area contributed by atoms with E-state index in [9.17, 15) is 0 Å². The molecule has 0 unspecified atom stereocenters. The Morgan fingerprint density at radius 2 is 2.05 bits per heavy atom. The fraction of sp³-hybridized carbons (Fsp3) is 0.286. The van der Waals surface area contributed by atoms with Crippen molar-refractivity contribution >= 4 is 17.6 Å². The summed E-state index contributed by atoms with van der Waals surface area (Å²) in [4.78, 5) is 0.947. The summed E-state index contributed by atoms with van der Waals surface area (Å²) in [6.45, 7) is 6.02. The van der Waals surface area contributed by atoms with Crippen molar-refractivity contribution in [3.63, 3.8) is 0 Å². The van der Waals surface area contributed by atoms with Gasteiger partial charge in [0.2, 0.25) is 0 Å². The molecule has 3 N–H and O–H groups in total. The van der Waals surface area contributed by atoms with Gasteiger partial charge in [0.1, 0.15) is 0 Å². The maximum absolute atomic E-state index is 9.03. The number of hydrogen-bond donors (Lipinski definition) is 2. The molecular formula is C14H18N4OS. The Labute approximate surface area is 122 Å². The Kier molecular flexibility index (Phi) is 4.04. The second-order valence-electron chi connectivity index (χ2n) is 4.55. The number of benzene rings is 1. The second-order valence-corrected chi connectivity index (χ2v) is 5.40. The topological polar surface area (TPSA) is 76.4 Å². The molecule has 106 valence electrons. The van der Waals surface area contributed by atoms with Gasteiger partial charge in [-0.05, 0) is 44.7 Å². The summed E-state index contributed by atoms with van der Waals surface area (Å²) in [5, 5.41) is 16.7. The summed E-state index contributed by atoms with van der Waals surface area (Å²) >= 11 is 1.55. The first-order valence-electron chi connectivity index (χ1n) is 6.19. The summed E-state index contributed by atoms with van der Waals surface area (Å²) in [6, 6.07) is 5.81. The van der Waals surface area contributed by atoms with Crippen molar-refractivity contribution in [3.05, 3.63) is 40.7 Å². The smallest absolute Gasteiger partial charge is 0.173 e. The molecule has 0 bridgehead atoms. The Hall–Kier alpha value is -1.95. The van der Waals surface area contributed by atoms with E-state index in [1.165, 1.54) is 0 Å². The van der Waals surface area contributed by atoms with E-state index >= 15 is 0 Å². The van der Waals surface area contributed by atoms with Crippen LogP contribution in [0.5, 0.6) is 0 Å². The third-order valence-electron chi connectivity index (χ3n) is 3.47. The van der Waals surface area contributed by atoms with E-state index < -0.39 is 0 Å². The van der Waals surface area contributed by atoms with Gasteiger partial charge < -0.3 is 10.9 Å². The van der Waals surface area contributed by atoms with E-state index in [2.05, 4.69) is 10.3 Å². The number of oxime groups is 1. The average molecular weight is 290 g/mol. The molecule has 0 fully saturated rings. The van der Waals surface area contributed by atoms with Crippen LogP contribution in [0, 0.1) is 20.8 Å². The molecule has 1 aromatic carbocycles. The highest BCUT2D eigenvalue weighted by Gasteiger charge is 2.17. The molecule has 0 spiro atoms. The maximum atomic E-state index is 9.03. The lowest BCUT2D eigenvalue weighted by atomic mass is 10.1. The summed E-state index contributed by atoms with van der Waals surface area (Å²) < 4.78 is 1.84. The number of hydrogen-bond acceptors (Lipinski definition) is 4. The van der Waals surface area contributed by atoms with Gasteiger partial charge >= 0.3 is 0 Å². The molecule has 5 nitrogen and oxygen atoms in total. The van der Waals surface area contributed by atoms with Crippen LogP contribution in [0.4, 0.5) is 0 Å². The third kappa shape index (κ3) is 2.27. The lowest BCUT2D eigenvalue weighted by molar-refractivity contribution is 0.318. The highest BCUT2D eigenvalue weighted by atomic mass is 32.2. The zero-order valence-electron chi connectivity index (χ0n) is 12.0. The number of nitrogens with zero attached hydrogens (tertiary/aromatic N) is 3. The van der Waals surface area contributed by atoms with Gasteiger partial charge in [-0.1, -0.05) is 11.2 Å². The van der Waals surface area contributed by atoms with Gasteiger partial charge in [0.15, 0.2) is 5.84 Å². The minimum absolute atomic E-state index is 0.0927. The standard InChI is InChI=1S/C14H18N4OS/c1-8-9(2)16-18(10(8)3)11-6-5-7-12(20-4)13(11)14(15)17-19/h5-7,19H,1-4H3,(H2,15,17). The first kappa shape index (κ1) is 14.5. The number of aryl methyl sites for hydroxylation is 1. The molecule has 2 aromatic rings. The highest BCUT2D eigenvalue weighted by molar-refractivity contribution is 7.98. The van der Waals surface area contributed by atoms with Gasteiger partial charge in [-0.3, -0.25) is 0 Å². The van der Waals surface area contributed by atoms with Crippen molar-refractivity contribution in [1.29, 1.82) is 0 Å². The van der Waals surface area contributed by atoms with E-state index in [0.717, 1.165) is 27.5 Å². The van der Waals surface area contributed by atoms with Gasteiger partial charge in [-0.2, -0.15) is 5.10 Å². The molecule has 1 heterocycles. The lowest BCUT2D eigenvalue weighted by Gasteiger charge is -2.13. The molecular weight excluding hydrogens is 272 g/mol. The molecule has 2 rings (SSSR count). The van der Waals surface area contributed by atoms with E-state index in [1.807, 2.05) is 49.9 Å². The fourth-order valence-corrected chi connectivity index (χ4v) is 2.76. The average Bonchev–Trinajstić information content (AvgIpc) is 2.73. The Morgan fingerprint density at radius 3 is 2.55 bits per heavy atom. The number of amidine groups is 1. The van der Waals surface area contributed by atoms with Crippen LogP contribution in [-0.4, -0.2) is 27.1 Å². The highest BCUT2D eigenvalue weighted by Crippen LogP contribution is 2.27. The molecule has 0 amide bonds. The minimum atomic E-state index is 0.0927. The van der Waals surface area contributed by atoms with Crippen molar-refractivity contribution in [1.82, 2.24) is 9.78 Å². The van der Waals surface area contributed by atoms with Gasteiger partial charge in [0, 0.05) is 10.6 Å². The zero-order chi connectivity index (χ0) is 14.9. The molecule has 1 aromatic heterocycles. The van der Waals surface area contributed by atoms with Gasteiger partial charge in [-0.25, -0.2) is 4.68 Å². The monoisotopic (exact) mass is 290 g/mol. The molecule has 0 saturated carbocycles. The maximum Gasteiger partial charge on any atom is 0.173 e. The predicted octanol–water partition coefficient (Wildman–Crippen LogP) is 2.61. The van der Waals surface area contributed by atoms with E-state index in [-0.39, 0.29) is 5.84 Å². The van der Waals surface area contributed by atoms with Gasteiger partial charge in [-0.15, -0.1) is 11.8 Å². The van der Waals surface area contributed by atoms with Crippen molar-refractivity contribution in [2.45, 2.75) is 25.7 Å². The van der Waals surface area contributed by atoms with Crippen molar-refractivity contribution in [2.75, 3.05) is 6.26 Å². The van der Waals surface area contributed by atoms with E-state index in [4.69, 9.17) is 10.9 Å². The van der Waals surface area contributed by atoms with Crippen molar-refractivity contribution in [2.24, 2.45) is 10.9 Å². The minimum Gasteiger partial charge on any atom is -0.409 e. The number of aromatic nitrogens is 2. The van der Waals surface area contributed by atoms with Crippen LogP contribution in [0.3, 0.4) is 0 Å². The molecule has 20 heavy (non-hydrogen) atoms. The molecule has 0 atom stereocenters. The molecule has 0 aliphatic carbocycles. The molecule has 0 aliphatic rings. The lowest BCUT2D eigenvalue weighted by Crippen LogP contribution is -2.18. The predicted molar refractivity (Wildman–Crippen MR) is 82.1 cm³/mol. The summed E-state index contributed by atoms with van der Waals surface area (Å²) in [5.41, 5.74) is 10.5. The fourth-order valence-electron chi connectivity index (χ4n) is 2.13. The van der Waals surface area contributed by atoms with Gasteiger partial charge in [0.05, 0.1) is 16.9 Å². The normalized spacial score (nSPS) is 11.9. The first-order chi connectivity index (χ1) is 9.51. The second kappa shape index (κ2) is 5.58. The summed E-state index contributed by atoms with van der Waals surface area (Å²) in [7, 11) is 0. The number of rotatable bonds is 3. The van der Waals surface area contributed by atoms with E-state index in [1.54, 1.807) is 11.8 Å². The largest absolute Gasteiger partial charge is 0.409 e. The number of thioether (sulfide) groups is 1. The first-order valence-corrected chi connectivity index (χ1v) is 7.41. The van der Waals surface area contributed by atoms with Crippen LogP contribution in [0.2, 0.25) is 0 Å². The van der Waals surface area contributed by atoms with Crippen LogP contribution >= 0.6 is 11.8 Å². The number of nitrogens with two attached hydrogens (primary N) is 1. The van der Waals surface area contributed by atoms with E-state index in [0.29, 0.717) is 5.56 Å². The summed E-state index contributed by atoms with van der Waals surface area (Å²) in [5.74, 6) is 0.0927. The Balaban J connectivity index is 2.77. The third-order valence-corrected chi connectivity index (χ3v) is 4.25. The van der Waals surface area contributed by atoms with Crippen molar-refractivity contribution in [3.8, 4) is 5.69 Å². The molecule has 0 saturated heterocycles. The summed E-state index contributed by atoms with van der Waals surface area (Å²) in [6.07, 6.45) is 1.96. The molecule has 0 aliphatic heterocycles. The van der Waals surface area contributed by atoms with Crippen LogP contribution in [0.15, 0.2) is 28.3 Å². The zero-order valence-corrected chi connectivity index (χ0v) is 12.8. The quantitative estimate of drug-likeness (QED) is 0.299. The van der Waals surface area contributed by atoms with Crippen molar-refractivity contribution < 1.29 is 5.21 Å². The Morgan fingerprint density at radius 1 is 1.35 bits per heavy atom. The van der Waals surface area contributed by atoms with Gasteiger partial charge in [0.25, 0.3) is 0 Å². The van der Waals surface area contributed by atoms with Crippen LogP contribution in [-0.2, 0) is 0 Å². The van der Waals surface area contributed by atoms with Crippen LogP contribution in [0.1, 0.15) is 22.5 Å².